The molecule has 4 rings (SSSR count). The third-order valence-electron chi connectivity index (χ3n) is 6.49. The van der Waals surface area contributed by atoms with Crippen molar-refractivity contribution < 1.29 is 9.00 Å². The van der Waals surface area contributed by atoms with Gasteiger partial charge in [-0.3, -0.25) is 9.52 Å². The number of hydrogen-bond donors (Lipinski definition) is 1. The molecule has 0 saturated carbocycles. The van der Waals surface area contributed by atoms with E-state index in [9.17, 15) is 9.00 Å². The van der Waals surface area contributed by atoms with Crippen LogP contribution in [0.2, 0.25) is 0 Å². The van der Waals surface area contributed by atoms with Crippen LogP contribution in [-0.2, 0) is 28.7 Å². The Morgan fingerprint density at radius 1 is 0.947 bits per heavy atom. The van der Waals surface area contributed by atoms with E-state index in [2.05, 4.69) is 54.4 Å². The maximum Gasteiger partial charge on any atom is 0.236 e. The Labute approximate surface area is 228 Å². The molecule has 6 nitrogen and oxygen atoms in total. The van der Waals surface area contributed by atoms with Crippen molar-refractivity contribution in [3.05, 3.63) is 89.1 Å². The van der Waals surface area contributed by atoms with Gasteiger partial charge in [-0.05, 0) is 78.5 Å². The van der Waals surface area contributed by atoms with E-state index in [0.29, 0.717) is 10.7 Å². The van der Waals surface area contributed by atoms with Crippen LogP contribution in [0.4, 0.5) is 0 Å². The molecular formula is C31H36N4O2S. The van der Waals surface area contributed by atoms with Gasteiger partial charge >= 0.3 is 0 Å². The van der Waals surface area contributed by atoms with Crippen LogP contribution in [0.3, 0.4) is 0 Å². The fourth-order valence-corrected chi connectivity index (χ4v) is 5.41. The second kappa shape index (κ2) is 12.0. The third kappa shape index (κ3) is 6.52. The molecule has 1 atom stereocenters. The number of benzene rings is 3. The second-order valence-corrected chi connectivity index (χ2v) is 11.8. The zero-order valence-electron chi connectivity index (χ0n) is 23.0. The standard InChI is InChI=1S/C31H36N4O2S/c1-20(2)26-15-24(31-32-18-23-9-7-8-10-29(23)33-31)16-27(21(3)4)28(26)17-30(36)34-38(37)25-13-11-22(12-14-25)19-35(5)6/h7-16,18,20-21H,17,19H2,1-6H3,(H,34,36). The number of nitrogens with zero attached hydrogens (tertiary/aromatic N) is 3. The Kier molecular flexibility index (Phi) is 8.69. The van der Waals surface area contributed by atoms with E-state index < -0.39 is 11.0 Å². The highest BCUT2D eigenvalue weighted by molar-refractivity contribution is 7.83. The number of carbonyl (C=O) groups excluding carboxylic acids is 1. The first-order valence-electron chi connectivity index (χ1n) is 13.0. The minimum atomic E-state index is -1.62. The van der Waals surface area contributed by atoms with Crippen molar-refractivity contribution in [3.63, 3.8) is 0 Å². The molecule has 0 radical (unpaired) electrons. The van der Waals surface area contributed by atoms with Crippen LogP contribution in [0.15, 0.2) is 71.8 Å². The summed E-state index contributed by atoms with van der Waals surface area (Å²) < 4.78 is 15.6. The van der Waals surface area contributed by atoms with Crippen LogP contribution in [0, 0.1) is 0 Å². The maximum absolute atomic E-state index is 13.1. The minimum Gasteiger partial charge on any atom is -0.305 e. The van der Waals surface area contributed by atoms with Gasteiger partial charge in [-0.25, -0.2) is 14.2 Å². The third-order valence-corrected chi connectivity index (χ3v) is 7.60. The SMILES string of the molecule is CC(C)c1cc(-c2ncc3ccccc3n2)cc(C(C)C)c1CC(=O)NS(=O)c1ccc(CN(C)C)cc1. The first kappa shape index (κ1) is 27.6. The van der Waals surface area contributed by atoms with E-state index >= 15 is 0 Å². The Morgan fingerprint density at radius 3 is 2.18 bits per heavy atom. The van der Waals surface area contributed by atoms with Crippen molar-refractivity contribution in [3.8, 4) is 11.4 Å². The molecule has 198 valence electrons. The highest BCUT2D eigenvalue weighted by atomic mass is 32.2. The van der Waals surface area contributed by atoms with Crippen LogP contribution in [0.1, 0.15) is 61.8 Å². The summed E-state index contributed by atoms with van der Waals surface area (Å²) in [5.74, 6) is 0.775. The van der Waals surface area contributed by atoms with Gasteiger partial charge in [0.25, 0.3) is 0 Å². The van der Waals surface area contributed by atoms with Crippen molar-refractivity contribution in [2.45, 2.75) is 57.4 Å². The molecule has 0 aliphatic carbocycles. The lowest BCUT2D eigenvalue weighted by atomic mass is 9.85. The molecule has 38 heavy (non-hydrogen) atoms. The van der Waals surface area contributed by atoms with Gasteiger partial charge in [0, 0.05) is 23.7 Å². The van der Waals surface area contributed by atoms with Crippen LogP contribution in [0.5, 0.6) is 0 Å². The molecule has 7 heteroatoms. The quantitative estimate of drug-likeness (QED) is 0.289. The van der Waals surface area contributed by atoms with E-state index in [1.807, 2.05) is 68.8 Å². The summed E-state index contributed by atoms with van der Waals surface area (Å²) >= 11 is 0. The fourth-order valence-electron chi connectivity index (χ4n) is 4.63. The molecule has 0 spiro atoms. The zero-order valence-corrected chi connectivity index (χ0v) is 23.8. The Balaban J connectivity index is 1.61. The predicted molar refractivity (Wildman–Crippen MR) is 155 cm³/mol. The van der Waals surface area contributed by atoms with E-state index in [4.69, 9.17) is 4.98 Å². The lowest BCUT2D eigenvalue weighted by molar-refractivity contribution is -0.118. The fraction of sp³-hybridized carbons (Fsp3) is 0.323. The van der Waals surface area contributed by atoms with E-state index in [1.54, 1.807) is 0 Å². The first-order chi connectivity index (χ1) is 18.1. The normalized spacial score (nSPS) is 12.4. The summed E-state index contributed by atoms with van der Waals surface area (Å²) in [4.78, 5) is 25.2. The average molecular weight is 529 g/mol. The molecule has 0 aliphatic heterocycles. The average Bonchev–Trinajstić information content (AvgIpc) is 2.88. The number of carbonyl (C=O) groups is 1. The molecule has 0 fully saturated rings. The molecule has 1 unspecified atom stereocenters. The largest absolute Gasteiger partial charge is 0.305 e. The number of para-hydroxylation sites is 1. The lowest BCUT2D eigenvalue weighted by Gasteiger charge is -2.21. The number of nitrogens with one attached hydrogen (secondary N) is 1. The van der Waals surface area contributed by atoms with Crippen molar-refractivity contribution in [2.75, 3.05) is 14.1 Å². The van der Waals surface area contributed by atoms with Gasteiger partial charge in [-0.2, -0.15) is 0 Å². The lowest BCUT2D eigenvalue weighted by Crippen LogP contribution is -2.28. The summed E-state index contributed by atoms with van der Waals surface area (Å²) in [7, 11) is 2.39. The number of amides is 1. The Bertz CT molecular complexity index is 1430. The molecule has 1 N–H and O–H groups in total. The van der Waals surface area contributed by atoms with E-state index in [-0.39, 0.29) is 24.2 Å². The van der Waals surface area contributed by atoms with Gasteiger partial charge in [0.15, 0.2) is 16.8 Å². The van der Waals surface area contributed by atoms with Crippen molar-refractivity contribution in [1.82, 2.24) is 19.6 Å². The number of fused-ring (bicyclic) bond motifs is 1. The van der Waals surface area contributed by atoms with Gasteiger partial charge in [0.2, 0.25) is 5.91 Å². The molecular weight excluding hydrogens is 492 g/mol. The molecule has 0 aliphatic rings. The molecule has 1 aromatic heterocycles. The van der Waals surface area contributed by atoms with Gasteiger partial charge in [0.1, 0.15) is 0 Å². The molecule has 0 saturated heterocycles. The number of aromatic nitrogens is 2. The molecule has 0 bridgehead atoms. The molecule has 4 aromatic rings. The van der Waals surface area contributed by atoms with Gasteiger partial charge in [-0.1, -0.05) is 58.0 Å². The predicted octanol–water partition coefficient (Wildman–Crippen LogP) is 5.99. The smallest absolute Gasteiger partial charge is 0.236 e. The van der Waals surface area contributed by atoms with Crippen LogP contribution >= 0.6 is 0 Å². The van der Waals surface area contributed by atoms with E-state index in [1.165, 1.54) is 0 Å². The van der Waals surface area contributed by atoms with E-state index in [0.717, 1.165) is 45.3 Å². The molecule has 3 aromatic carbocycles. The first-order valence-corrected chi connectivity index (χ1v) is 14.1. The Morgan fingerprint density at radius 2 is 1.58 bits per heavy atom. The van der Waals surface area contributed by atoms with Crippen LogP contribution in [0.25, 0.3) is 22.3 Å². The molecule has 1 heterocycles. The summed E-state index contributed by atoms with van der Waals surface area (Å²) in [6, 6.07) is 19.7. The monoisotopic (exact) mass is 528 g/mol. The maximum atomic E-state index is 13.1. The summed E-state index contributed by atoms with van der Waals surface area (Å²) in [5, 5.41) is 0.998. The minimum absolute atomic E-state index is 0.157. The summed E-state index contributed by atoms with van der Waals surface area (Å²) in [6.45, 7) is 9.30. The van der Waals surface area contributed by atoms with Gasteiger partial charge in [0.05, 0.1) is 16.8 Å². The number of rotatable bonds is 9. The Hall–Kier alpha value is -3.42. The summed E-state index contributed by atoms with van der Waals surface area (Å²) in [5.41, 5.74) is 6.11. The van der Waals surface area contributed by atoms with Gasteiger partial charge < -0.3 is 4.90 Å². The van der Waals surface area contributed by atoms with Crippen molar-refractivity contribution in [2.24, 2.45) is 0 Å². The highest BCUT2D eigenvalue weighted by Crippen LogP contribution is 2.33. The topological polar surface area (TPSA) is 75.2 Å². The second-order valence-electron chi connectivity index (χ2n) is 10.5. The van der Waals surface area contributed by atoms with Crippen molar-refractivity contribution >= 4 is 27.8 Å². The highest BCUT2D eigenvalue weighted by Gasteiger charge is 2.21. The van der Waals surface area contributed by atoms with Gasteiger partial charge in [-0.15, -0.1) is 0 Å². The van der Waals surface area contributed by atoms with Crippen molar-refractivity contribution in [1.29, 1.82) is 0 Å². The van der Waals surface area contributed by atoms with Crippen LogP contribution < -0.4 is 4.72 Å². The zero-order chi connectivity index (χ0) is 27.4. The number of hydrogen-bond acceptors (Lipinski definition) is 5. The summed E-state index contributed by atoms with van der Waals surface area (Å²) in [6.07, 6.45) is 2.01. The molecule has 1 amide bonds. The van der Waals surface area contributed by atoms with Crippen LogP contribution in [-0.4, -0.2) is 39.1 Å².